The van der Waals surface area contributed by atoms with Gasteiger partial charge < -0.3 is 0 Å². The van der Waals surface area contributed by atoms with Gasteiger partial charge in [-0.25, -0.2) is 0 Å². The van der Waals surface area contributed by atoms with Crippen molar-refractivity contribution < 1.29 is 0 Å². The van der Waals surface area contributed by atoms with E-state index in [-0.39, 0.29) is 10.8 Å². The predicted octanol–water partition coefficient (Wildman–Crippen LogP) is 7.55. The third-order valence-corrected chi connectivity index (χ3v) is 6.62. The highest BCUT2D eigenvalue weighted by molar-refractivity contribution is 5.87. The van der Waals surface area contributed by atoms with Gasteiger partial charge in [0.2, 0.25) is 0 Å². The zero-order chi connectivity index (χ0) is 22.2. The molecular weight excluding hydrogens is 376 g/mol. The molecule has 2 aromatic heterocycles. The maximum Gasteiger partial charge on any atom is 0.0349 e. The van der Waals surface area contributed by atoms with Crippen molar-refractivity contribution in [1.29, 1.82) is 0 Å². The van der Waals surface area contributed by atoms with E-state index in [1.54, 1.807) is 0 Å². The Morgan fingerprint density at radius 1 is 0.710 bits per heavy atom. The number of rotatable bonds is 5. The molecule has 0 unspecified atom stereocenters. The zero-order valence-corrected chi connectivity index (χ0v) is 19.8. The first-order valence-corrected chi connectivity index (χ1v) is 11.4. The SMILES string of the molecule is CCc1cc(C(C)(C)CCc2cc(C(C)(C)C)c3cnccc3c2)c2cnccc2c1. The van der Waals surface area contributed by atoms with Crippen LogP contribution in [0.1, 0.15) is 70.2 Å². The van der Waals surface area contributed by atoms with Gasteiger partial charge in [0.05, 0.1) is 0 Å². The van der Waals surface area contributed by atoms with Crippen molar-refractivity contribution in [2.75, 3.05) is 0 Å². The Kier molecular flexibility index (Phi) is 5.60. The molecule has 0 saturated heterocycles. The molecule has 0 saturated carbocycles. The first-order chi connectivity index (χ1) is 14.7. The standard InChI is InChI=1S/C29H34N2/c1-7-20-14-22-9-12-31-19-25(22)27(16-20)29(5,6)11-8-21-15-23-10-13-30-18-24(23)26(17-21)28(2,3)4/h9-10,12-19H,7-8,11H2,1-6H3. The molecule has 0 atom stereocenters. The van der Waals surface area contributed by atoms with Gasteiger partial charge in [0.1, 0.15) is 0 Å². The smallest absolute Gasteiger partial charge is 0.0349 e. The molecule has 2 heterocycles. The molecule has 0 bridgehead atoms. The van der Waals surface area contributed by atoms with Gasteiger partial charge in [0, 0.05) is 35.6 Å². The summed E-state index contributed by atoms with van der Waals surface area (Å²) in [6.45, 7) is 13.9. The fourth-order valence-electron chi connectivity index (χ4n) is 4.64. The van der Waals surface area contributed by atoms with Crippen LogP contribution < -0.4 is 0 Å². The van der Waals surface area contributed by atoms with Crippen molar-refractivity contribution in [2.24, 2.45) is 0 Å². The number of hydrogen-bond acceptors (Lipinski definition) is 2. The fraction of sp³-hybridized carbons (Fsp3) is 0.379. The van der Waals surface area contributed by atoms with E-state index in [0.717, 1.165) is 19.3 Å². The highest BCUT2D eigenvalue weighted by atomic mass is 14.6. The van der Waals surface area contributed by atoms with E-state index in [0.29, 0.717) is 0 Å². The quantitative estimate of drug-likeness (QED) is 0.339. The monoisotopic (exact) mass is 410 g/mol. The summed E-state index contributed by atoms with van der Waals surface area (Å²) in [7, 11) is 0. The number of hydrogen-bond donors (Lipinski definition) is 0. The molecule has 0 fully saturated rings. The van der Waals surface area contributed by atoms with E-state index in [2.05, 4.69) is 87.9 Å². The van der Waals surface area contributed by atoms with Gasteiger partial charge in [0.15, 0.2) is 0 Å². The number of pyridine rings is 2. The Hall–Kier alpha value is -2.74. The third-order valence-electron chi connectivity index (χ3n) is 6.62. The zero-order valence-electron chi connectivity index (χ0n) is 19.8. The number of nitrogens with zero attached hydrogens (tertiary/aromatic N) is 2. The fourth-order valence-corrected chi connectivity index (χ4v) is 4.64. The van der Waals surface area contributed by atoms with Gasteiger partial charge in [-0.15, -0.1) is 0 Å². The molecule has 0 radical (unpaired) electrons. The molecule has 2 aromatic carbocycles. The molecule has 0 spiro atoms. The number of aryl methyl sites for hydroxylation is 2. The van der Waals surface area contributed by atoms with Crippen LogP contribution >= 0.6 is 0 Å². The van der Waals surface area contributed by atoms with Crippen LogP contribution in [0.2, 0.25) is 0 Å². The highest BCUT2D eigenvalue weighted by Gasteiger charge is 2.24. The van der Waals surface area contributed by atoms with Crippen molar-refractivity contribution in [2.45, 2.75) is 71.6 Å². The topological polar surface area (TPSA) is 25.8 Å². The second-order valence-electron chi connectivity index (χ2n) is 10.5. The van der Waals surface area contributed by atoms with Crippen molar-refractivity contribution in [1.82, 2.24) is 9.97 Å². The summed E-state index contributed by atoms with van der Waals surface area (Å²) < 4.78 is 0. The predicted molar refractivity (Wildman–Crippen MR) is 133 cm³/mol. The van der Waals surface area contributed by atoms with Crippen LogP contribution in [0.3, 0.4) is 0 Å². The first kappa shape index (κ1) is 21.5. The van der Waals surface area contributed by atoms with Crippen molar-refractivity contribution in [3.63, 3.8) is 0 Å². The second-order valence-corrected chi connectivity index (χ2v) is 10.5. The summed E-state index contributed by atoms with van der Waals surface area (Å²) in [5.41, 5.74) is 5.75. The Balaban J connectivity index is 1.71. The molecule has 0 aliphatic rings. The van der Waals surface area contributed by atoms with Crippen LogP contribution in [-0.4, -0.2) is 9.97 Å². The Morgan fingerprint density at radius 2 is 1.26 bits per heavy atom. The molecule has 2 heteroatoms. The summed E-state index contributed by atoms with van der Waals surface area (Å²) in [4.78, 5) is 8.81. The normalized spacial score (nSPS) is 12.6. The number of aromatic nitrogens is 2. The minimum Gasteiger partial charge on any atom is -0.264 e. The van der Waals surface area contributed by atoms with Crippen LogP contribution in [0.4, 0.5) is 0 Å². The van der Waals surface area contributed by atoms with Crippen LogP contribution in [0.25, 0.3) is 21.5 Å². The lowest BCUT2D eigenvalue weighted by Crippen LogP contribution is -2.19. The number of benzene rings is 2. The van der Waals surface area contributed by atoms with Gasteiger partial charge in [-0.05, 0) is 75.3 Å². The van der Waals surface area contributed by atoms with Crippen molar-refractivity contribution in [3.05, 3.63) is 83.4 Å². The molecule has 4 aromatic rings. The van der Waals surface area contributed by atoms with Crippen LogP contribution in [0.5, 0.6) is 0 Å². The lowest BCUT2D eigenvalue weighted by atomic mass is 9.76. The van der Waals surface area contributed by atoms with Gasteiger partial charge >= 0.3 is 0 Å². The molecule has 4 rings (SSSR count). The maximum atomic E-state index is 4.43. The average Bonchev–Trinajstić information content (AvgIpc) is 2.75. The van der Waals surface area contributed by atoms with Crippen molar-refractivity contribution in [3.8, 4) is 0 Å². The van der Waals surface area contributed by atoms with E-state index >= 15 is 0 Å². The van der Waals surface area contributed by atoms with E-state index in [1.807, 2.05) is 24.8 Å². The molecule has 0 amide bonds. The Labute approximate surface area is 186 Å². The van der Waals surface area contributed by atoms with E-state index in [4.69, 9.17) is 0 Å². The summed E-state index contributed by atoms with van der Waals surface area (Å²) in [5, 5.41) is 5.14. The summed E-state index contributed by atoms with van der Waals surface area (Å²) in [6.07, 6.45) is 11.0. The Morgan fingerprint density at radius 3 is 1.84 bits per heavy atom. The first-order valence-electron chi connectivity index (χ1n) is 11.4. The average molecular weight is 411 g/mol. The summed E-state index contributed by atoms with van der Waals surface area (Å²) in [6, 6.07) is 13.7. The lowest BCUT2D eigenvalue weighted by Gasteiger charge is -2.28. The van der Waals surface area contributed by atoms with Crippen LogP contribution in [0.15, 0.2) is 61.2 Å². The van der Waals surface area contributed by atoms with Gasteiger partial charge in [-0.1, -0.05) is 65.8 Å². The van der Waals surface area contributed by atoms with Gasteiger partial charge in [-0.3, -0.25) is 9.97 Å². The third kappa shape index (κ3) is 4.35. The van der Waals surface area contributed by atoms with Gasteiger partial charge in [-0.2, -0.15) is 0 Å². The van der Waals surface area contributed by atoms with Crippen molar-refractivity contribution >= 4 is 21.5 Å². The molecule has 31 heavy (non-hydrogen) atoms. The lowest BCUT2D eigenvalue weighted by molar-refractivity contribution is 0.483. The van der Waals surface area contributed by atoms with Gasteiger partial charge in [0.25, 0.3) is 0 Å². The molecule has 160 valence electrons. The van der Waals surface area contributed by atoms with Crippen LogP contribution in [0, 0.1) is 0 Å². The molecule has 0 N–H and O–H groups in total. The molecule has 0 aliphatic carbocycles. The second kappa shape index (κ2) is 8.07. The van der Waals surface area contributed by atoms with E-state index in [1.165, 1.54) is 43.8 Å². The van der Waals surface area contributed by atoms with Crippen LogP contribution in [-0.2, 0) is 23.7 Å². The summed E-state index contributed by atoms with van der Waals surface area (Å²) >= 11 is 0. The maximum absolute atomic E-state index is 4.43. The minimum atomic E-state index is 0.0571. The van der Waals surface area contributed by atoms with E-state index in [9.17, 15) is 0 Å². The minimum absolute atomic E-state index is 0.0571. The summed E-state index contributed by atoms with van der Waals surface area (Å²) in [5.74, 6) is 0. The molecular formula is C29H34N2. The molecule has 2 nitrogen and oxygen atoms in total. The highest BCUT2D eigenvalue weighted by Crippen LogP contribution is 2.36. The largest absolute Gasteiger partial charge is 0.264 e. The van der Waals surface area contributed by atoms with E-state index < -0.39 is 0 Å². The number of fused-ring (bicyclic) bond motifs is 2. The Bertz CT molecular complexity index is 1230. The molecule has 0 aliphatic heterocycles.